The lowest BCUT2D eigenvalue weighted by atomic mass is 9.99. The van der Waals surface area contributed by atoms with E-state index in [1.165, 1.54) is 11.3 Å². The molecule has 0 radical (unpaired) electrons. The van der Waals surface area contributed by atoms with Crippen molar-refractivity contribution in [2.75, 3.05) is 7.11 Å². The molecule has 2 N–H and O–H groups in total. The Bertz CT molecular complexity index is 804. The highest BCUT2D eigenvalue weighted by molar-refractivity contribution is 9.10. The van der Waals surface area contributed by atoms with Crippen molar-refractivity contribution < 1.29 is 4.74 Å². The molecule has 5 nitrogen and oxygen atoms in total. The average Bonchev–Trinajstić information content (AvgIpc) is 2.96. The Morgan fingerprint density at radius 3 is 2.74 bits per heavy atom. The number of ether oxygens (including phenoxy) is 1. The fourth-order valence-electron chi connectivity index (χ4n) is 2.20. The Balaban J connectivity index is 2.13. The SMILES string of the molecule is COC1(N)C=C(c2nc(C)cs2)N=C(c2cccc(Br)n2)C1Br. The van der Waals surface area contributed by atoms with Crippen molar-refractivity contribution in [2.45, 2.75) is 17.5 Å². The van der Waals surface area contributed by atoms with Gasteiger partial charge in [0.05, 0.1) is 17.1 Å². The first-order valence-electron chi connectivity index (χ1n) is 6.78. The summed E-state index contributed by atoms with van der Waals surface area (Å²) in [7, 11) is 1.58. The van der Waals surface area contributed by atoms with Crippen LogP contribution in [-0.2, 0) is 4.74 Å². The van der Waals surface area contributed by atoms with Crippen molar-refractivity contribution in [1.82, 2.24) is 9.97 Å². The number of thiazole rings is 1. The zero-order valence-electron chi connectivity index (χ0n) is 12.5. The Hall–Kier alpha value is -0.930. The van der Waals surface area contributed by atoms with Crippen LogP contribution in [-0.4, -0.2) is 33.3 Å². The average molecular weight is 458 g/mol. The number of aromatic nitrogens is 2. The molecule has 0 amide bonds. The molecule has 23 heavy (non-hydrogen) atoms. The van der Waals surface area contributed by atoms with E-state index < -0.39 is 5.72 Å². The molecule has 0 aliphatic carbocycles. The third-order valence-corrected chi connectivity index (χ3v) is 5.98. The van der Waals surface area contributed by atoms with Crippen molar-refractivity contribution >= 4 is 54.6 Å². The minimum Gasteiger partial charge on any atom is -0.359 e. The number of nitrogens with zero attached hydrogens (tertiary/aromatic N) is 3. The lowest BCUT2D eigenvalue weighted by molar-refractivity contribution is 0.0493. The summed E-state index contributed by atoms with van der Waals surface area (Å²) in [4.78, 5) is 13.4. The van der Waals surface area contributed by atoms with Crippen LogP contribution in [0.1, 0.15) is 16.4 Å². The molecule has 0 spiro atoms. The van der Waals surface area contributed by atoms with E-state index in [4.69, 9.17) is 15.5 Å². The Morgan fingerprint density at radius 1 is 1.35 bits per heavy atom. The van der Waals surface area contributed by atoms with Crippen LogP contribution in [0.15, 0.2) is 39.3 Å². The summed E-state index contributed by atoms with van der Waals surface area (Å²) in [5, 5.41) is 2.79. The molecule has 3 heterocycles. The molecule has 0 saturated carbocycles. The van der Waals surface area contributed by atoms with E-state index in [1.54, 1.807) is 13.2 Å². The molecule has 1 aliphatic heterocycles. The molecule has 2 aromatic heterocycles. The molecule has 2 unspecified atom stereocenters. The number of hydrogen-bond donors (Lipinski definition) is 1. The molecule has 0 saturated heterocycles. The standard InChI is InChI=1S/C15H14Br2N4OS/c1-8-7-23-14(19-8)10-6-15(18,22-2)13(17)12(21-10)9-4-3-5-11(16)20-9/h3-7,13H,18H2,1-2H3. The number of halogens is 2. The number of hydrogen-bond acceptors (Lipinski definition) is 6. The van der Waals surface area contributed by atoms with Gasteiger partial charge in [-0.3, -0.25) is 5.73 Å². The summed E-state index contributed by atoms with van der Waals surface area (Å²) >= 11 is 8.52. The third kappa shape index (κ3) is 3.32. The lowest BCUT2D eigenvalue weighted by Crippen LogP contribution is -2.53. The van der Waals surface area contributed by atoms with E-state index in [9.17, 15) is 0 Å². The highest BCUT2D eigenvalue weighted by atomic mass is 79.9. The largest absolute Gasteiger partial charge is 0.359 e. The van der Waals surface area contributed by atoms with Gasteiger partial charge in [-0.25, -0.2) is 15.0 Å². The van der Waals surface area contributed by atoms with E-state index in [1.807, 2.05) is 30.5 Å². The fourth-order valence-corrected chi connectivity index (χ4v) is 3.96. The number of pyridine rings is 1. The van der Waals surface area contributed by atoms with Gasteiger partial charge in [-0.2, -0.15) is 0 Å². The van der Waals surface area contributed by atoms with Crippen molar-refractivity contribution in [2.24, 2.45) is 10.7 Å². The van der Waals surface area contributed by atoms with Crippen LogP contribution in [0.5, 0.6) is 0 Å². The maximum atomic E-state index is 6.41. The van der Waals surface area contributed by atoms with Gasteiger partial charge in [0.15, 0.2) is 5.72 Å². The zero-order chi connectivity index (χ0) is 16.6. The van der Waals surface area contributed by atoms with E-state index in [0.29, 0.717) is 11.4 Å². The van der Waals surface area contributed by atoms with Gasteiger partial charge in [0.2, 0.25) is 0 Å². The van der Waals surface area contributed by atoms with Gasteiger partial charge in [-0.05, 0) is 41.1 Å². The van der Waals surface area contributed by atoms with Crippen LogP contribution < -0.4 is 5.73 Å². The highest BCUT2D eigenvalue weighted by Crippen LogP contribution is 2.34. The molecule has 0 fully saturated rings. The first-order valence-corrected chi connectivity index (χ1v) is 9.37. The summed E-state index contributed by atoms with van der Waals surface area (Å²) in [6.07, 6.45) is 1.80. The summed E-state index contributed by atoms with van der Waals surface area (Å²) in [5.74, 6) is 0. The summed E-state index contributed by atoms with van der Waals surface area (Å²) in [6, 6.07) is 5.66. The second-order valence-electron chi connectivity index (χ2n) is 5.09. The van der Waals surface area contributed by atoms with E-state index in [2.05, 4.69) is 41.8 Å². The molecular formula is C15H14Br2N4OS. The smallest absolute Gasteiger partial charge is 0.156 e. The number of methoxy groups -OCH3 is 1. The predicted octanol–water partition coefficient (Wildman–Crippen LogP) is 3.52. The van der Waals surface area contributed by atoms with Gasteiger partial charge >= 0.3 is 0 Å². The summed E-state index contributed by atoms with van der Waals surface area (Å²) < 4.78 is 6.28. The van der Waals surface area contributed by atoms with Crippen LogP contribution in [0.4, 0.5) is 0 Å². The third-order valence-electron chi connectivity index (χ3n) is 3.41. The number of aryl methyl sites for hydroxylation is 1. The molecule has 8 heteroatoms. The van der Waals surface area contributed by atoms with Crippen LogP contribution in [0.25, 0.3) is 5.70 Å². The van der Waals surface area contributed by atoms with E-state index in [0.717, 1.165) is 21.0 Å². The first-order chi connectivity index (χ1) is 10.9. The van der Waals surface area contributed by atoms with Crippen molar-refractivity contribution in [3.63, 3.8) is 0 Å². The van der Waals surface area contributed by atoms with Crippen molar-refractivity contribution in [3.8, 4) is 0 Å². The molecule has 1 aliphatic rings. The topological polar surface area (TPSA) is 73.4 Å². The number of rotatable bonds is 3. The minimum absolute atomic E-state index is 0.327. The monoisotopic (exact) mass is 456 g/mol. The Kier molecular flexibility index (Phi) is 4.80. The van der Waals surface area contributed by atoms with E-state index >= 15 is 0 Å². The molecule has 120 valence electrons. The van der Waals surface area contributed by atoms with Crippen LogP contribution in [0.2, 0.25) is 0 Å². The molecule has 0 bridgehead atoms. The van der Waals surface area contributed by atoms with E-state index in [-0.39, 0.29) is 4.83 Å². The van der Waals surface area contributed by atoms with Gasteiger partial charge < -0.3 is 4.74 Å². The predicted molar refractivity (Wildman–Crippen MR) is 99.9 cm³/mol. The molecule has 2 aromatic rings. The number of nitrogens with two attached hydrogens (primary N) is 1. The second-order valence-corrected chi connectivity index (χ2v) is 7.67. The van der Waals surface area contributed by atoms with Crippen molar-refractivity contribution in [3.05, 3.63) is 50.7 Å². The van der Waals surface area contributed by atoms with Gasteiger partial charge in [0.1, 0.15) is 14.4 Å². The number of alkyl halides is 1. The van der Waals surface area contributed by atoms with Crippen LogP contribution in [0, 0.1) is 6.92 Å². The maximum absolute atomic E-state index is 6.41. The maximum Gasteiger partial charge on any atom is 0.156 e. The molecule has 3 rings (SSSR count). The van der Waals surface area contributed by atoms with Gasteiger partial charge in [0, 0.05) is 18.2 Å². The molecular weight excluding hydrogens is 444 g/mol. The van der Waals surface area contributed by atoms with Gasteiger partial charge in [-0.1, -0.05) is 22.0 Å². The lowest BCUT2D eigenvalue weighted by Gasteiger charge is -2.33. The molecule has 0 aromatic carbocycles. The quantitative estimate of drug-likeness (QED) is 0.434. The molecule has 2 atom stereocenters. The summed E-state index contributed by atoms with van der Waals surface area (Å²) in [5.41, 5.74) is 8.46. The Morgan fingerprint density at radius 2 is 2.13 bits per heavy atom. The number of aliphatic imine (C=N–C) groups is 1. The first kappa shape index (κ1) is 16.9. The van der Waals surface area contributed by atoms with Crippen LogP contribution >= 0.6 is 43.2 Å². The van der Waals surface area contributed by atoms with Gasteiger partial charge in [0.25, 0.3) is 0 Å². The zero-order valence-corrected chi connectivity index (χ0v) is 16.4. The second kappa shape index (κ2) is 6.52. The van der Waals surface area contributed by atoms with Crippen LogP contribution in [0.3, 0.4) is 0 Å². The van der Waals surface area contributed by atoms with Crippen molar-refractivity contribution in [1.29, 1.82) is 0 Å². The summed E-state index contributed by atoms with van der Waals surface area (Å²) in [6.45, 7) is 1.95. The fraction of sp³-hybridized carbons (Fsp3) is 0.267. The minimum atomic E-state index is -1.03. The highest BCUT2D eigenvalue weighted by Gasteiger charge is 2.40. The normalized spacial score (nSPS) is 24.3. The Labute approximate surface area is 155 Å². The van der Waals surface area contributed by atoms with Gasteiger partial charge in [-0.15, -0.1) is 11.3 Å².